The molecule has 5 aromatic rings. The molecule has 0 atom stereocenters. The van der Waals surface area contributed by atoms with Gasteiger partial charge in [-0.3, -0.25) is 9.98 Å². The fourth-order valence-electron chi connectivity index (χ4n) is 6.68. The molecule has 324 valence electrons. The zero-order chi connectivity index (χ0) is 46.7. The van der Waals surface area contributed by atoms with Crippen LogP contribution in [0, 0.1) is 6.92 Å². The molecule has 2 heteroatoms. The third-order valence-electron chi connectivity index (χ3n) is 9.96. The molecule has 0 saturated heterocycles. The van der Waals surface area contributed by atoms with E-state index >= 15 is 0 Å². The van der Waals surface area contributed by atoms with Crippen molar-refractivity contribution in [2.24, 2.45) is 9.98 Å². The summed E-state index contributed by atoms with van der Waals surface area (Å²) in [5.74, 6) is 0. The summed E-state index contributed by atoms with van der Waals surface area (Å²) in [7, 11) is 0. The van der Waals surface area contributed by atoms with E-state index in [-0.39, 0.29) is 0 Å². The largest absolute Gasteiger partial charge is 0.280 e. The second-order valence-electron chi connectivity index (χ2n) is 14.3. The Kier molecular flexibility index (Phi) is 23.7. The molecule has 0 N–H and O–H groups in total. The van der Waals surface area contributed by atoms with Gasteiger partial charge in [-0.1, -0.05) is 223 Å². The second-order valence-corrected chi connectivity index (χ2v) is 14.3. The summed E-state index contributed by atoms with van der Waals surface area (Å²) in [5.41, 5.74) is 18.0. The zero-order valence-corrected chi connectivity index (χ0v) is 39.8. The van der Waals surface area contributed by atoms with Gasteiger partial charge in [0.05, 0.1) is 18.0 Å². The van der Waals surface area contributed by atoms with Gasteiger partial charge in [0, 0.05) is 16.7 Å². The third-order valence-corrected chi connectivity index (χ3v) is 9.96. The van der Waals surface area contributed by atoms with Crippen molar-refractivity contribution in [2.75, 3.05) is 0 Å². The summed E-state index contributed by atoms with van der Waals surface area (Å²) < 4.78 is 0. The molecular weight excluding hydrogens is 761 g/mol. The predicted octanol–water partition coefficient (Wildman–Crippen LogP) is 17.7. The van der Waals surface area contributed by atoms with Crippen molar-refractivity contribution in [3.8, 4) is 11.1 Å². The van der Waals surface area contributed by atoms with E-state index in [9.17, 15) is 0 Å². The molecule has 0 radical (unpaired) electrons. The highest BCUT2D eigenvalue weighted by Crippen LogP contribution is 2.31. The maximum absolute atomic E-state index is 5.19. The van der Waals surface area contributed by atoms with E-state index in [2.05, 4.69) is 186 Å². The van der Waals surface area contributed by atoms with Crippen molar-refractivity contribution in [3.05, 3.63) is 258 Å². The Bertz CT molecular complexity index is 2470. The van der Waals surface area contributed by atoms with Crippen LogP contribution in [-0.2, 0) is 6.54 Å². The lowest BCUT2D eigenvalue weighted by Crippen LogP contribution is -2.09. The van der Waals surface area contributed by atoms with Crippen molar-refractivity contribution in [2.45, 2.75) is 75.8 Å². The van der Waals surface area contributed by atoms with E-state index in [4.69, 9.17) is 4.99 Å². The lowest BCUT2D eigenvalue weighted by atomic mass is 9.91. The SMILES string of the molecule is C=C(/C=C\C=C/C)c1cccc(C(=C)c2ccccc2C)c1.C=CC(/C(N=C)=C(\C)C(=NCc1ccc(C(=C)C)cc1)c1ccccc1-c1ccccc1)=C(C)\C=C/C.CC.CC. The van der Waals surface area contributed by atoms with E-state index in [1.54, 1.807) is 0 Å². The first-order valence-corrected chi connectivity index (χ1v) is 22.0. The van der Waals surface area contributed by atoms with Gasteiger partial charge < -0.3 is 0 Å². The van der Waals surface area contributed by atoms with E-state index in [1.807, 2.05) is 91.0 Å². The first kappa shape index (κ1) is 52.2. The number of aryl methyl sites for hydroxylation is 1. The van der Waals surface area contributed by atoms with Crippen LogP contribution in [0.1, 0.15) is 101 Å². The first-order chi connectivity index (χ1) is 30.5. The average molecular weight is 831 g/mol. The summed E-state index contributed by atoms with van der Waals surface area (Å²) in [6.45, 7) is 41.2. The number of rotatable bonds is 15. The van der Waals surface area contributed by atoms with Gasteiger partial charge in [0.2, 0.25) is 0 Å². The normalized spacial score (nSPS) is 11.8. The number of nitrogens with zero attached hydrogens (tertiary/aromatic N) is 2. The number of hydrogen-bond acceptors (Lipinski definition) is 2. The van der Waals surface area contributed by atoms with Gasteiger partial charge in [-0.05, 0) is 116 Å². The maximum atomic E-state index is 5.19. The molecule has 5 aromatic carbocycles. The Morgan fingerprint density at radius 1 is 0.619 bits per heavy atom. The number of aliphatic imine (C=N–C) groups is 2. The minimum atomic E-state index is 0.539. The van der Waals surface area contributed by atoms with Crippen LogP contribution >= 0.6 is 0 Å². The zero-order valence-electron chi connectivity index (χ0n) is 39.8. The Morgan fingerprint density at radius 2 is 1.22 bits per heavy atom. The molecule has 0 saturated carbocycles. The minimum absolute atomic E-state index is 0.539. The van der Waals surface area contributed by atoms with Gasteiger partial charge in [0.25, 0.3) is 0 Å². The predicted molar refractivity (Wildman–Crippen MR) is 285 cm³/mol. The van der Waals surface area contributed by atoms with Gasteiger partial charge >= 0.3 is 0 Å². The van der Waals surface area contributed by atoms with Crippen LogP contribution in [0.3, 0.4) is 0 Å². The Labute approximate surface area is 382 Å². The summed E-state index contributed by atoms with van der Waals surface area (Å²) in [5, 5.41) is 0. The van der Waals surface area contributed by atoms with E-state index < -0.39 is 0 Å². The molecule has 0 heterocycles. The smallest absolute Gasteiger partial charge is 0.0747 e. The van der Waals surface area contributed by atoms with Crippen LogP contribution in [0.5, 0.6) is 0 Å². The highest BCUT2D eigenvalue weighted by molar-refractivity contribution is 6.16. The highest BCUT2D eigenvalue weighted by Gasteiger charge is 2.18. The highest BCUT2D eigenvalue weighted by atomic mass is 14.8. The van der Waals surface area contributed by atoms with E-state index in [0.717, 1.165) is 83.8 Å². The topological polar surface area (TPSA) is 24.7 Å². The molecule has 5 rings (SSSR count). The van der Waals surface area contributed by atoms with Crippen LogP contribution in [0.4, 0.5) is 0 Å². The summed E-state index contributed by atoms with van der Waals surface area (Å²) in [6.07, 6.45) is 14.0. The average Bonchev–Trinajstić information content (AvgIpc) is 3.32. The molecule has 63 heavy (non-hydrogen) atoms. The van der Waals surface area contributed by atoms with Gasteiger partial charge in [-0.25, -0.2) is 0 Å². The molecule has 0 aromatic heterocycles. The minimum Gasteiger partial charge on any atom is -0.280 e. The molecule has 0 unspecified atom stereocenters. The summed E-state index contributed by atoms with van der Waals surface area (Å²) >= 11 is 0. The van der Waals surface area contributed by atoms with E-state index in [1.165, 1.54) is 11.1 Å². The molecule has 0 aliphatic heterocycles. The number of benzene rings is 5. The Morgan fingerprint density at radius 3 is 1.81 bits per heavy atom. The van der Waals surface area contributed by atoms with Gasteiger partial charge in [-0.15, -0.1) is 0 Å². The first-order valence-electron chi connectivity index (χ1n) is 22.0. The molecule has 2 nitrogen and oxygen atoms in total. The maximum Gasteiger partial charge on any atom is 0.0747 e. The van der Waals surface area contributed by atoms with Crippen LogP contribution in [0.15, 0.2) is 229 Å². The lowest BCUT2D eigenvalue weighted by molar-refractivity contribution is 1.06. The van der Waals surface area contributed by atoms with Crippen LogP contribution in [0.25, 0.3) is 27.8 Å². The quantitative estimate of drug-likeness (QED) is 0.0742. The third kappa shape index (κ3) is 15.5. The van der Waals surface area contributed by atoms with E-state index in [0.29, 0.717) is 6.54 Å². The van der Waals surface area contributed by atoms with Crippen molar-refractivity contribution < 1.29 is 0 Å². The second kappa shape index (κ2) is 28.6. The molecule has 0 fully saturated rings. The molecule has 0 aliphatic carbocycles. The fourth-order valence-corrected chi connectivity index (χ4v) is 6.68. The van der Waals surface area contributed by atoms with Crippen LogP contribution in [-0.4, -0.2) is 12.4 Å². The van der Waals surface area contributed by atoms with Crippen LogP contribution < -0.4 is 0 Å². The molecular formula is C61H70N2. The van der Waals surface area contributed by atoms with Gasteiger partial charge in [-0.2, -0.15) is 0 Å². The Balaban J connectivity index is 0.000000447. The van der Waals surface area contributed by atoms with Crippen molar-refractivity contribution in [1.82, 2.24) is 0 Å². The standard InChI is InChI=1S/C35H36N2.C22H22.2C2H6/c1-8-15-26(5)31(9-2)34(36-7)27(6)35(37-24-28-20-22-29(23-21-28)25(3)4)33-19-14-13-18-32(33)30-16-11-10-12-17-30;1-5-6-7-11-17(2)20-13-10-14-21(16-20)19(4)22-15-9-8-12-18(22)3;2*1-2/h8-23H,2-3,7,24H2,1,4-6H3;5-16H,2,4H2,1,3H3;2*1-2H3/b15-8-,31-26+,34-27-,37-35?;6-5-,11-7-;;. The fraction of sp³-hybridized carbons (Fsp3) is 0.180. The van der Waals surface area contributed by atoms with Crippen molar-refractivity contribution >= 4 is 29.1 Å². The van der Waals surface area contributed by atoms with Crippen LogP contribution in [0.2, 0.25) is 0 Å². The molecule has 0 spiro atoms. The van der Waals surface area contributed by atoms with Gasteiger partial charge in [0.1, 0.15) is 0 Å². The molecule has 0 aliphatic rings. The van der Waals surface area contributed by atoms with Gasteiger partial charge in [0.15, 0.2) is 0 Å². The van der Waals surface area contributed by atoms with Crippen molar-refractivity contribution in [1.29, 1.82) is 0 Å². The lowest BCUT2D eigenvalue weighted by Gasteiger charge is -2.17. The molecule has 0 amide bonds. The summed E-state index contributed by atoms with van der Waals surface area (Å²) in [4.78, 5) is 9.66. The monoisotopic (exact) mass is 831 g/mol. The molecule has 0 bridgehead atoms. The van der Waals surface area contributed by atoms with Crippen molar-refractivity contribution in [3.63, 3.8) is 0 Å². The Hall–Kier alpha value is -6.90. The summed E-state index contributed by atoms with van der Waals surface area (Å²) in [6, 6.07) is 44.0. The number of hydrogen-bond donors (Lipinski definition) is 0. The number of allylic oxidation sites excluding steroid dienone is 11.